The molecule has 160 valence electrons. The molecule has 2 fully saturated rings. The van der Waals surface area contributed by atoms with Crippen LogP contribution in [0, 0.1) is 0 Å². The topological polar surface area (TPSA) is 59.4 Å². The first-order valence-corrected chi connectivity index (χ1v) is 11.1. The molecule has 1 atom stereocenters. The Morgan fingerprint density at radius 3 is 2.39 bits per heavy atom. The molecule has 0 radical (unpaired) electrons. The van der Waals surface area contributed by atoms with Crippen LogP contribution in [-0.2, 0) is 4.74 Å². The van der Waals surface area contributed by atoms with E-state index in [0.29, 0.717) is 11.6 Å². The van der Waals surface area contributed by atoms with E-state index in [0.717, 1.165) is 62.6 Å². The minimum Gasteiger partial charge on any atom is -0.379 e. The summed E-state index contributed by atoms with van der Waals surface area (Å²) < 4.78 is 7.28. The Kier molecular flexibility index (Phi) is 5.82. The number of carbonyl (C=O) groups excluding carboxylic acids is 1. The highest BCUT2D eigenvalue weighted by atomic mass is 16.5. The third-order valence-electron chi connectivity index (χ3n) is 6.01. The fraction of sp³-hybridized carbons (Fsp3) is 0.360. The molecule has 2 aromatic carbocycles. The molecule has 1 N–H and O–H groups in total. The normalized spacial score (nSPS) is 17.9. The molecule has 1 saturated carbocycles. The second-order valence-electron chi connectivity index (χ2n) is 8.33. The lowest BCUT2D eigenvalue weighted by Gasteiger charge is -2.31. The highest BCUT2D eigenvalue weighted by Gasteiger charge is 2.30. The van der Waals surface area contributed by atoms with Crippen LogP contribution in [0.5, 0.6) is 0 Å². The van der Waals surface area contributed by atoms with E-state index in [1.54, 1.807) is 4.68 Å². The Balaban J connectivity index is 1.42. The number of hydrogen-bond donors (Lipinski definition) is 1. The van der Waals surface area contributed by atoms with Gasteiger partial charge < -0.3 is 10.1 Å². The zero-order valence-corrected chi connectivity index (χ0v) is 17.6. The second-order valence-corrected chi connectivity index (χ2v) is 8.33. The van der Waals surface area contributed by atoms with Gasteiger partial charge in [-0.25, -0.2) is 4.68 Å². The molecule has 6 nitrogen and oxygen atoms in total. The van der Waals surface area contributed by atoms with Crippen molar-refractivity contribution in [3.05, 3.63) is 83.7 Å². The molecular formula is C25H28N4O2. The van der Waals surface area contributed by atoms with E-state index in [1.165, 1.54) is 0 Å². The van der Waals surface area contributed by atoms with Gasteiger partial charge in [-0.2, -0.15) is 5.10 Å². The molecule has 31 heavy (non-hydrogen) atoms. The van der Waals surface area contributed by atoms with Crippen molar-refractivity contribution in [2.24, 2.45) is 0 Å². The third kappa shape index (κ3) is 4.70. The standard InChI is InChI=1S/C25H28N4O2/c30-25(24-17-22(20-11-12-20)27-29(24)21-9-5-2-6-10-21)26-23(19-7-3-1-4-8-19)18-28-13-15-31-16-14-28/h1-10,17,20,23H,11-16,18H2,(H,26,30)/t23-/m1/s1. The Hall–Kier alpha value is -2.96. The monoisotopic (exact) mass is 416 g/mol. The van der Waals surface area contributed by atoms with Crippen molar-refractivity contribution in [2.75, 3.05) is 32.8 Å². The van der Waals surface area contributed by atoms with Gasteiger partial charge in [0, 0.05) is 25.6 Å². The summed E-state index contributed by atoms with van der Waals surface area (Å²) in [6.45, 7) is 4.00. The second kappa shape index (κ2) is 9.04. The van der Waals surface area contributed by atoms with Crippen molar-refractivity contribution in [1.82, 2.24) is 20.0 Å². The van der Waals surface area contributed by atoms with Crippen molar-refractivity contribution in [2.45, 2.75) is 24.8 Å². The highest BCUT2D eigenvalue weighted by Crippen LogP contribution is 2.39. The highest BCUT2D eigenvalue weighted by molar-refractivity contribution is 5.93. The summed E-state index contributed by atoms with van der Waals surface area (Å²) in [5.74, 6) is 0.389. The molecule has 1 amide bonds. The minimum atomic E-state index is -0.102. The van der Waals surface area contributed by atoms with Crippen molar-refractivity contribution in [3.8, 4) is 5.69 Å². The first kappa shape index (κ1) is 20.0. The number of nitrogens with zero attached hydrogens (tertiary/aromatic N) is 3. The summed E-state index contributed by atoms with van der Waals surface area (Å²) in [6, 6.07) is 22.0. The van der Waals surface area contributed by atoms with Gasteiger partial charge in [0.15, 0.2) is 0 Å². The third-order valence-corrected chi connectivity index (χ3v) is 6.01. The lowest BCUT2D eigenvalue weighted by Crippen LogP contribution is -2.43. The van der Waals surface area contributed by atoms with Crippen molar-refractivity contribution in [1.29, 1.82) is 0 Å². The number of ether oxygens (including phenoxy) is 1. The summed E-state index contributed by atoms with van der Waals surface area (Å²) in [4.78, 5) is 15.9. The van der Waals surface area contributed by atoms with Crippen LogP contribution in [0.2, 0.25) is 0 Å². The van der Waals surface area contributed by atoms with Crippen LogP contribution in [0.25, 0.3) is 5.69 Å². The number of aromatic nitrogens is 2. The van der Waals surface area contributed by atoms with Crippen molar-refractivity contribution >= 4 is 5.91 Å². The van der Waals surface area contributed by atoms with E-state index < -0.39 is 0 Å². The zero-order chi connectivity index (χ0) is 21.0. The first-order valence-electron chi connectivity index (χ1n) is 11.1. The molecular weight excluding hydrogens is 388 g/mol. The van der Waals surface area contributed by atoms with Gasteiger partial charge in [0.2, 0.25) is 0 Å². The minimum absolute atomic E-state index is 0.0923. The van der Waals surface area contributed by atoms with Crippen LogP contribution in [0.4, 0.5) is 0 Å². The number of morpholine rings is 1. The number of para-hydroxylation sites is 1. The summed E-state index contributed by atoms with van der Waals surface area (Å²) >= 11 is 0. The molecule has 3 aromatic rings. The van der Waals surface area contributed by atoms with Gasteiger partial charge in [-0.3, -0.25) is 9.69 Å². The predicted molar refractivity (Wildman–Crippen MR) is 119 cm³/mol. The average Bonchev–Trinajstić information content (AvgIpc) is 3.58. The van der Waals surface area contributed by atoms with Crippen LogP contribution in [-0.4, -0.2) is 53.4 Å². The predicted octanol–water partition coefficient (Wildman–Crippen LogP) is 3.55. The van der Waals surface area contributed by atoms with Gasteiger partial charge in [0.1, 0.15) is 5.69 Å². The van der Waals surface area contributed by atoms with Gasteiger partial charge >= 0.3 is 0 Å². The maximum absolute atomic E-state index is 13.5. The summed E-state index contributed by atoms with van der Waals surface area (Å²) in [7, 11) is 0. The van der Waals surface area contributed by atoms with Gasteiger partial charge in [0.05, 0.1) is 30.6 Å². The number of rotatable bonds is 7. The Bertz CT molecular complexity index is 1010. The lowest BCUT2D eigenvalue weighted by molar-refractivity contribution is 0.0332. The van der Waals surface area contributed by atoms with Crippen LogP contribution in [0.1, 0.15) is 46.5 Å². The lowest BCUT2D eigenvalue weighted by atomic mass is 10.1. The number of benzene rings is 2. The van der Waals surface area contributed by atoms with E-state index in [4.69, 9.17) is 9.84 Å². The molecule has 5 rings (SSSR count). The van der Waals surface area contributed by atoms with Crippen LogP contribution < -0.4 is 5.32 Å². The molecule has 1 aromatic heterocycles. The maximum atomic E-state index is 13.5. The van der Waals surface area contributed by atoms with E-state index in [9.17, 15) is 4.79 Å². The SMILES string of the molecule is O=C(N[C@H](CN1CCOCC1)c1ccccc1)c1cc(C2CC2)nn1-c1ccccc1. The van der Waals surface area contributed by atoms with E-state index in [1.807, 2.05) is 54.6 Å². The number of carbonyl (C=O) groups is 1. The summed E-state index contributed by atoms with van der Waals surface area (Å²) in [5, 5.41) is 8.09. The molecule has 2 aliphatic rings. The van der Waals surface area contributed by atoms with Gasteiger partial charge in [-0.05, 0) is 36.6 Å². The molecule has 1 saturated heterocycles. The van der Waals surface area contributed by atoms with Gasteiger partial charge in [-0.1, -0.05) is 48.5 Å². The number of amides is 1. The molecule has 2 heterocycles. The maximum Gasteiger partial charge on any atom is 0.270 e. The zero-order valence-electron chi connectivity index (χ0n) is 17.6. The smallest absolute Gasteiger partial charge is 0.270 e. The van der Waals surface area contributed by atoms with Crippen LogP contribution >= 0.6 is 0 Å². The largest absolute Gasteiger partial charge is 0.379 e. The summed E-state index contributed by atoms with van der Waals surface area (Å²) in [5.41, 5.74) is 3.62. The molecule has 1 aliphatic carbocycles. The van der Waals surface area contributed by atoms with Gasteiger partial charge in [0.25, 0.3) is 5.91 Å². The molecule has 0 unspecified atom stereocenters. The Morgan fingerprint density at radius 1 is 1.03 bits per heavy atom. The number of hydrogen-bond acceptors (Lipinski definition) is 4. The molecule has 0 spiro atoms. The molecule has 0 bridgehead atoms. The van der Waals surface area contributed by atoms with Crippen molar-refractivity contribution < 1.29 is 9.53 Å². The fourth-order valence-corrected chi connectivity index (χ4v) is 4.10. The molecule has 1 aliphatic heterocycles. The average molecular weight is 417 g/mol. The summed E-state index contributed by atoms with van der Waals surface area (Å²) in [6.07, 6.45) is 2.30. The van der Waals surface area contributed by atoms with Crippen LogP contribution in [0.3, 0.4) is 0 Å². The Labute approximate surface area is 182 Å². The molecule has 6 heteroatoms. The van der Waals surface area contributed by atoms with Crippen LogP contribution in [0.15, 0.2) is 66.7 Å². The van der Waals surface area contributed by atoms with Crippen molar-refractivity contribution in [3.63, 3.8) is 0 Å². The van der Waals surface area contributed by atoms with E-state index in [2.05, 4.69) is 22.3 Å². The fourth-order valence-electron chi connectivity index (χ4n) is 4.10. The quantitative estimate of drug-likeness (QED) is 0.640. The Morgan fingerprint density at radius 2 is 1.71 bits per heavy atom. The van der Waals surface area contributed by atoms with Gasteiger partial charge in [-0.15, -0.1) is 0 Å². The number of nitrogens with one attached hydrogen (secondary N) is 1. The first-order chi connectivity index (χ1) is 15.3. The van der Waals surface area contributed by atoms with E-state index in [-0.39, 0.29) is 11.9 Å². The van der Waals surface area contributed by atoms with E-state index >= 15 is 0 Å².